The van der Waals surface area contributed by atoms with Gasteiger partial charge in [-0.05, 0) is 25.5 Å². The highest BCUT2D eigenvalue weighted by atomic mass is 16.5. The van der Waals surface area contributed by atoms with Gasteiger partial charge in [0.15, 0.2) is 0 Å². The molecule has 4 nitrogen and oxygen atoms in total. The Hall–Kier alpha value is -1.13. The van der Waals surface area contributed by atoms with Crippen molar-refractivity contribution < 1.29 is 9.47 Å². The second-order valence-electron chi connectivity index (χ2n) is 3.82. The first-order chi connectivity index (χ1) is 7.67. The van der Waals surface area contributed by atoms with Gasteiger partial charge in [-0.1, -0.05) is 6.92 Å². The molecular formula is C12H20N2O2. The summed E-state index contributed by atoms with van der Waals surface area (Å²) in [5.41, 5.74) is 6.77. The minimum absolute atomic E-state index is 0.00505. The smallest absolute Gasteiger partial charge is 0.138 e. The van der Waals surface area contributed by atoms with Gasteiger partial charge in [-0.2, -0.15) is 0 Å². The van der Waals surface area contributed by atoms with Crippen molar-refractivity contribution in [1.29, 1.82) is 0 Å². The minimum Gasteiger partial charge on any atom is -0.487 e. The zero-order valence-electron chi connectivity index (χ0n) is 10.1. The largest absolute Gasteiger partial charge is 0.487 e. The maximum atomic E-state index is 5.87. The number of rotatable bonds is 6. The lowest BCUT2D eigenvalue weighted by molar-refractivity contribution is 0.0918. The van der Waals surface area contributed by atoms with Crippen molar-refractivity contribution in [3.8, 4) is 5.75 Å². The lowest BCUT2D eigenvalue weighted by Gasteiger charge is -2.14. The van der Waals surface area contributed by atoms with E-state index in [-0.39, 0.29) is 12.1 Å². The Kier molecular flexibility index (Phi) is 5.22. The average Bonchev–Trinajstić information content (AvgIpc) is 2.29. The summed E-state index contributed by atoms with van der Waals surface area (Å²) in [6.45, 7) is 4.56. The molecule has 16 heavy (non-hydrogen) atoms. The SMILES string of the molecule is CC[C@@H](N)c1ccc(OC(C)COC)cn1. The fraction of sp³-hybridized carbons (Fsp3) is 0.583. The van der Waals surface area contributed by atoms with Crippen molar-refractivity contribution in [2.24, 2.45) is 5.73 Å². The van der Waals surface area contributed by atoms with Crippen LogP contribution in [0.25, 0.3) is 0 Å². The van der Waals surface area contributed by atoms with Gasteiger partial charge in [0.25, 0.3) is 0 Å². The number of methoxy groups -OCH3 is 1. The van der Waals surface area contributed by atoms with E-state index in [2.05, 4.69) is 4.98 Å². The monoisotopic (exact) mass is 224 g/mol. The normalized spacial score (nSPS) is 14.5. The van der Waals surface area contributed by atoms with Gasteiger partial charge >= 0.3 is 0 Å². The summed E-state index contributed by atoms with van der Waals surface area (Å²) in [6.07, 6.45) is 2.61. The van der Waals surface area contributed by atoms with E-state index < -0.39 is 0 Å². The number of aromatic nitrogens is 1. The third-order valence-corrected chi connectivity index (χ3v) is 2.32. The van der Waals surface area contributed by atoms with Crippen LogP contribution >= 0.6 is 0 Å². The molecule has 0 saturated heterocycles. The van der Waals surface area contributed by atoms with E-state index in [0.717, 1.165) is 17.9 Å². The molecular weight excluding hydrogens is 204 g/mol. The fourth-order valence-corrected chi connectivity index (χ4v) is 1.39. The van der Waals surface area contributed by atoms with Crippen molar-refractivity contribution >= 4 is 0 Å². The van der Waals surface area contributed by atoms with E-state index in [4.69, 9.17) is 15.2 Å². The van der Waals surface area contributed by atoms with Gasteiger partial charge < -0.3 is 15.2 Å². The van der Waals surface area contributed by atoms with Crippen LogP contribution in [0.2, 0.25) is 0 Å². The van der Waals surface area contributed by atoms with Crippen LogP contribution in [-0.2, 0) is 4.74 Å². The number of ether oxygens (including phenoxy) is 2. The van der Waals surface area contributed by atoms with Crippen LogP contribution < -0.4 is 10.5 Å². The molecule has 0 bridgehead atoms. The average molecular weight is 224 g/mol. The van der Waals surface area contributed by atoms with E-state index in [1.165, 1.54) is 0 Å². The standard InChI is InChI=1S/C12H20N2O2/c1-4-11(13)12-6-5-10(7-14-12)16-9(2)8-15-3/h5-7,9,11H,4,8,13H2,1-3H3/t9?,11-/m1/s1. The van der Waals surface area contributed by atoms with Crippen LogP contribution in [0.5, 0.6) is 5.75 Å². The first kappa shape index (κ1) is 12.9. The zero-order chi connectivity index (χ0) is 12.0. The Bertz CT molecular complexity index is 300. The number of nitrogens with zero attached hydrogens (tertiary/aromatic N) is 1. The van der Waals surface area contributed by atoms with E-state index in [1.807, 2.05) is 26.0 Å². The third kappa shape index (κ3) is 3.79. The predicted octanol–water partition coefficient (Wildman–Crippen LogP) is 1.91. The minimum atomic E-state index is 0.00505. The summed E-state index contributed by atoms with van der Waals surface area (Å²) < 4.78 is 10.6. The number of hydrogen-bond acceptors (Lipinski definition) is 4. The molecule has 0 spiro atoms. The number of pyridine rings is 1. The van der Waals surface area contributed by atoms with Crippen LogP contribution in [-0.4, -0.2) is 24.8 Å². The lowest BCUT2D eigenvalue weighted by atomic mass is 10.1. The van der Waals surface area contributed by atoms with E-state index in [0.29, 0.717) is 6.61 Å². The predicted molar refractivity (Wildman–Crippen MR) is 63.4 cm³/mol. The lowest BCUT2D eigenvalue weighted by Crippen LogP contribution is -2.18. The van der Waals surface area contributed by atoms with Gasteiger partial charge in [0, 0.05) is 13.2 Å². The summed E-state index contributed by atoms with van der Waals surface area (Å²) in [5.74, 6) is 0.747. The Balaban J connectivity index is 2.57. The van der Waals surface area contributed by atoms with Crippen LogP contribution in [0.15, 0.2) is 18.3 Å². The molecule has 2 atom stereocenters. The molecule has 0 radical (unpaired) electrons. The van der Waals surface area contributed by atoms with Crippen molar-refractivity contribution in [2.45, 2.75) is 32.4 Å². The molecule has 0 fully saturated rings. The highest BCUT2D eigenvalue weighted by Crippen LogP contribution is 2.16. The molecule has 0 aliphatic carbocycles. The van der Waals surface area contributed by atoms with Crippen LogP contribution in [0.1, 0.15) is 32.0 Å². The maximum Gasteiger partial charge on any atom is 0.138 e. The molecule has 0 aliphatic heterocycles. The molecule has 90 valence electrons. The highest BCUT2D eigenvalue weighted by Gasteiger charge is 2.06. The second-order valence-corrected chi connectivity index (χ2v) is 3.82. The van der Waals surface area contributed by atoms with Crippen LogP contribution in [0, 0.1) is 0 Å². The van der Waals surface area contributed by atoms with Gasteiger partial charge in [-0.25, -0.2) is 0 Å². The third-order valence-electron chi connectivity index (χ3n) is 2.32. The van der Waals surface area contributed by atoms with Gasteiger partial charge in [0.2, 0.25) is 0 Å². The molecule has 1 rings (SSSR count). The van der Waals surface area contributed by atoms with Gasteiger partial charge in [0.1, 0.15) is 11.9 Å². The van der Waals surface area contributed by atoms with Crippen molar-refractivity contribution in [1.82, 2.24) is 4.98 Å². The summed E-state index contributed by atoms with van der Waals surface area (Å²) in [6, 6.07) is 3.80. The van der Waals surface area contributed by atoms with Crippen LogP contribution in [0.4, 0.5) is 0 Å². The number of nitrogens with two attached hydrogens (primary N) is 1. The molecule has 0 amide bonds. The Labute approximate surface area is 96.8 Å². The molecule has 1 heterocycles. The van der Waals surface area contributed by atoms with Crippen molar-refractivity contribution in [3.05, 3.63) is 24.0 Å². The molecule has 2 N–H and O–H groups in total. The Morgan fingerprint density at radius 3 is 2.69 bits per heavy atom. The molecule has 0 saturated carbocycles. The summed E-state index contributed by atoms with van der Waals surface area (Å²) in [7, 11) is 1.65. The maximum absolute atomic E-state index is 5.87. The molecule has 4 heteroatoms. The second kappa shape index (κ2) is 6.45. The molecule has 0 aromatic carbocycles. The number of hydrogen-bond donors (Lipinski definition) is 1. The first-order valence-electron chi connectivity index (χ1n) is 5.54. The Morgan fingerprint density at radius 2 is 2.19 bits per heavy atom. The van der Waals surface area contributed by atoms with Gasteiger partial charge in [-0.15, -0.1) is 0 Å². The molecule has 1 aromatic rings. The topological polar surface area (TPSA) is 57.4 Å². The fourth-order valence-electron chi connectivity index (χ4n) is 1.39. The summed E-state index contributed by atoms with van der Waals surface area (Å²) >= 11 is 0. The van der Waals surface area contributed by atoms with Crippen molar-refractivity contribution in [3.63, 3.8) is 0 Å². The molecule has 1 aromatic heterocycles. The summed E-state index contributed by atoms with van der Waals surface area (Å²) in [5, 5.41) is 0. The molecule has 1 unspecified atom stereocenters. The first-order valence-corrected chi connectivity index (χ1v) is 5.54. The van der Waals surface area contributed by atoms with Crippen molar-refractivity contribution in [2.75, 3.05) is 13.7 Å². The Morgan fingerprint density at radius 1 is 1.44 bits per heavy atom. The van der Waals surface area contributed by atoms with Gasteiger partial charge in [-0.3, -0.25) is 4.98 Å². The van der Waals surface area contributed by atoms with E-state index >= 15 is 0 Å². The molecule has 0 aliphatic rings. The zero-order valence-corrected chi connectivity index (χ0v) is 10.1. The van der Waals surface area contributed by atoms with E-state index in [9.17, 15) is 0 Å². The quantitative estimate of drug-likeness (QED) is 0.802. The van der Waals surface area contributed by atoms with E-state index in [1.54, 1.807) is 13.3 Å². The van der Waals surface area contributed by atoms with Gasteiger partial charge in [0.05, 0.1) is 18.5 Å². The highest BCUT2D eigenvalue weighted by molar-refractivity contribution is 5.21. The summed E-state index contributed by atoms with van der Waals surface area (Å²) in [4.78, 5) is 4.27. The van der Waals surface area contributed by atoms with Crippen LogP contribution in [0.3, 0.4) is 0 Å².